The molecule has 20 heavy (non-hydrogen) atoms. The van der Waals surface area contributed by atoms with Crippen LogP contribution in [0.25, 0.3) is 10.2 Å². The van der Waals surface area contributed by atoms with Crippen LogP contribution in [-0.2, 0) is 6.54 Å². The van der Waals surface area contributed by atoms with Crippen molar-refractivity contribution in [2.75, 3.05) is 0 Å². The number of nitrogens with zero attached hydrogens (tertiary/aromatic N) is 2. The summed E-state index contributed by atoms with van der Waals surface area (Å²) in [5.74, 6) is -0.981. The molecular weight excluding hydrogens is 276 g/mol. The van der Waals surface area contributed by atoms with Gasteiger partial charge in [-0.2, -0.15) is 0 Å². The quantitative estimate of drug-likeness (QED) is 0.801. The fourth-order valence-electron chi connectivity index (χ4n) is 2.01. The number of hydrogen-bond acceptors (Lipinski definition) is 4. The Bertz CT molecular complexity index is 851. The van der Waals surface area contributed by atoms with Crippen molar-refractivity contribution < 1.29 is 9.90 Å². The van der Waals surface area contributed by atoms with E-state index in [1.54, 1.807) is 24.3 Å². The molecule has 0 saturated carbocycles. The summed E-state index contributed by atoms with van der Waals surface area (Å²) >= 11 is 1.42. The number of fused-ring (bicyclic) bond motifs is 1. The molecule has 0 unspecified atom stereocenters. The van der Waals surface area contributed by atoms with Gasteiger partial charge in [0.05, 0.1) is 23.8 Å². The number of thiophene rings is 1. The normalized spacial score (nSPS) is 10.8. The molecule has 100 valence electrons. The summed E-state index contributed by atoms with van der Waals surface area (Å²) in [6.07, 6.45) is 1.49. The lowest BCUT2D eigenvalue weighted by Gasteiger charge is -2.06. The molecule has 2 heterocycles. The van der Waals surface area contributed by atoms with Crippen LogP contribution in [0.5, 0.6) is 0 Å². The topological polar surface area (TPSA) is 72.2 Å². The molecule has 0 fully saturated rings. The third-order valence-electron chi connectivity index (χ3n) is 2.98. The fraction of sp³-hybridized carbons (Fsp3) is 0.0714. The van der Waals surface area contributed by atoms with E-state index in [4.69, 9.17) is 5.11 Å². The van der Waals surface area contributed by atoms with E-state index in [9.17, 15) is 9.59 Å². The van der Waals surface area contributed by atoms with Gasteiger partial charge in [-0.1, -0.05) is 12.1 Å². The van der Waals surface area contributed by atoms with Crippen LogP contribution >= 0.6 is 11.3 Å². The Labute approximate surface area is 117 Å². The molecule has 0 spiro atoms. The minimum atomic E-state index is -0.981. The molecule has 5 nitrogen and oxygen atoms in total. The molecular formula is C14H10N2O3S. The third-order valence-corrected chi connectivity index (χ3v) is 3.80. The first-order valence-corrected chi connectivity index (χ1v) is 6.78. The highest BCUT2D eigenvalue weighted by Gasteiger charge is 2.07. The Morgan fingerprint density at radius 2 is 2.20 bits per heavy atom. The molecule has 0 bridgehead atoms. The number of aromatic nitrogens is 2. The summed E-state index contributed by atoms with van der Waals surface area (Å²) < 4.78 is 1.48. The summed E-state index contributed by atoms with van der Waals surface area (Å²) in [5.41, 5.74) is 0.848. The van der Waals surface area contributed by atoms with Crippen LogP contribution < -0.4 is 5.56 Å². The monoisotopic (exact) mass is 286 g/mol. The molecule has 0 radical (unpaired) electrons. The van der Waals surface area contributed by atoms with E-state index in [2.05, 4.69) is 4.98 Å². The predicted molar refractivity (Wildman–Crippen MR) is 76.4 cm³/mol. The second-order valence-corrected chi connectivity index (χ2v) is 5.22. The van der Waals surface area contributed by atoms with E-state index in [1.165, 1.54) is 28.3 Å². The first-order valence-electron chi connectivity index (χ1n) is 5.90. The lowest BCUT2D eigenvalue weighted by Crippen LogP contribution is -2.20. The van der Waals surface area contributed by atoms with Crippen LogP contribution in [0.1, 0.15) is 15.9 Å². The van der Waals surface area contributed by atoms with Gasteiger partial charge in [0.25, 0.3) is 5.56 Å². The minimum absolute atomic E-state index is 0.114. The summed E-state index contributed by atoms with van der Waals surface area (Å²) in [5, 5.41) is 11.4. The van der Waals surface area contributed by atoms with Crippen molar-refractivity contribution in [3.05, 3.63) is 63.5 Å². The van der Waals surface area contributed by atoms with E-state index >= 15 is 0 Å². The average molecular weight is 286 g/mol. The molecule has 3 aromatic rings. The second-order valence-electron chi connectivity index (χ2n) is 4.32. The first-order chi connectivity index (χ1) is 9.65. The zero-order valence-electron chi connectivity index (χ0n) is 10.3. The van der Waals surface area contributed by atoms with Gasteiger partial charge < -0.3 is 5.11 Å². The van der Waals surface area contributed by atoms with Crippen molar-refractivity contribution in [2.24, 2.45) is 0 Å². The maximum Gasteiger partial charge on any atom is 0.335 e. The van der Waals surface area contributed by atoms with E-state index in [-0.39, 0.29) is 11.1 Å². The van der Waals surface area contributed by atoms with Crippen molar-refractivity contribution in [3.63, 3.8) is 0 Å². The van der Waals surface area contributed by atoms with Gasteiger partial charge >= 0.3 is 5.97 Å². The Morgan fingerprint density at radius 3 is 3.00 bits per heavy atom. The van der Waals surface area contributed by atoms with Gasteiger partial charge in [0.1, 0.15) is 4.83 Å². The SMILES string of the molecule is O=C(O)c1cccc(Cn2cnc3sccc3c2=O)c1. The number of carbonyl (C=O) groups is 1. The van der Waals surface area contributed by atoms with Gasteiger partial charge in [-0.25, -0.2) is 9.78 Å². The number of hydrogen-bond donors (Lipinski definition) is 1. The van der Waals surface area contributed by atoms with Crippen molar-refractivity contribution in [1.29, 1.82) is 0 Å². The zero-order valence-corrected chi connectivity index (χ0v) is 11.1. The maximum atomic E-state index is 12.2. The summed E-state index contributed by atoms with van der Waals surface area (Å²) in [7, 11) is 0. The van der Waals surface area contributed by atoms with Crippen molar-refractivity contribution in [2.45, 2.75) is 6.54 Å². The Hall–Kier alpha value is -2.47. The van der Waals surface area contributed by atoms with Gasteiger partial charge in [0.2, 0.25) is 0 Å². The Balaban J connectivity index is 2.01. The molecule has 1 aromatic carbocycles. The van der Waals surface area contributed by atoms with Crippen molar-refractivity contribution in [3.8, 4) is 0 Å². The third kappa shape index (κ3) is 2.21. The molecule has 0 aliphatic heterocycles. The van der Waals surface area contributed by atoms with Crippen molar-refractivity contribution in [1.82, 2.24) is 9.55 Å². The lowest BCUT2D eigenvalue weighted by molar-refractivity contribution is 0.0696. The van der Waals surface area contributed by atoms with E-state index in [1.807, 2.05) is 5.38 Å². The molecule has 0 amide bonds. The smallest absolute Gasteiger partial charge is 0.335 e. The van der Waals surface area contributed by atoms with Gasteiger partial charge in [-0.15, -0.1) is 11.3 Å². The van der Waals surface area contributed by atoms with Gasteiger partial charge in [-0.3, -0.25) is 9.36 Å². The summed E-state index contributed by atoms with van der Waals surface area (Å²) in [6, 6.07) is 8.29. The predicted octanol–water partition coefficient (Wildman–Crippen LogP) is 2.20. The molecule has 0 atom stereocenters. The standard InChI is InChI=1S/C14H10N2O3S/c17-13-11-4-5-20-12(11)15-8-16(13)7-9-2-1-3-10(6-9)14(18)19/h1-6,8H,7H2,(H,18,19). The van der Waals surface area contributed by atoms with Crippen LogP contribution in [0.4, 0.5) is 0 Å². The number of aromatic carboxylic acids is 1. The number of benzene rings is 1. The summed E-state index contributed by atoms with van der Waals surface area (Å²) in [4.78, 5) is 28.1. The van der Waals surface area contributed by atoms with Crippen LogP contribution in [-0.4, -0.2) is 20.6 Å². The average Bonchev–Trinajstić information content (AvgIpc) is 2.91. The van der Waals surface area contributed by atoms with Crippen LogP contribution in [0.15, 0.2) is 46.8 Å². The highest BCUT2D eigenvalue weighted by Crippen LogP contribution is 2.14. The second kappa shape index (κ2) is 4.90. The number of rotatable bonds is 3. The highest BCUT2D eigenvalue weighted by molar-refractivity contribution is 7.16. The van der Waals surface area contributed by atoms with E-state index in [0.717, 1.165) is 5.56 Å². The van der Waals surface area contributed by atoms with E-state index < -0.39 is 5.97 Å². The highest BCUT2D eigenvalue weighted by atomic mass is 32.1. The molecule has 0 aliphatic carbocycles. The molecule has 0 saturated heterocycles. The lowest BCUT2D eigenvalue weighted by atomic mass is 10.1. The van der Waals surface area contributed by atoms with Gasteiger partial charge in [0.15, 0.2) is 0 Å². The number of carboxylic acid groups (broad SMARTS) is 1. The number of carboxylic acids is 1. The molecule has 2 aromatic heterocycles. The van der Waals surface area contributed by atoms with Crippen molar-refractivity contribution >= 4 is 27.5 Å². The van der Waals surface area contributed by atoms with E-state index in [0.29, 0.717) is 16.8 Å². The van der Waals surface area contributed by atoms with Crippen LogP contribution in [0.2, 0.25) is 0 Å². The van der Waals surface area contributed by atoms with Gasteiger partial charge in [0, 0.05) is 0 Å². The largest absolute Gasteiger partial charge is 0.478 e. The Morgan fingerprint density at radius 1 is 1.35 bits per heavy atom. The maximum absolute atomic E-state index is 12.2. The van der Waals surface area contributed by atoms with Crippen LogP contribution in [0, 0.1) is 0 Å². The summed E-state index contributed by atoms with van der Waals surface area (Å²) in [6.45, 7) is 0.304. The van der Waals surface area contributed by atoms with Crippen LogP contribution in [0.3, 0.4) is 0 Å². The molecule has 6 heteroatoms. The van der Waals surface area contributed by atoms with Gasteiger partial charge in [-0.05, 0) is 29.1 Å². The Kier molecular flexibility index (Phi) is 3.08. The first kappa shape index (κ1) is 12.6. The fourth-order valence-corrected chi connectivity index (χ4v) is 2.73. The molecule has 0 aliphatic rings. The molecule has 1 N–H and O–H groups in total. The minimum Gasteiger partial charge on any atom is -0.478 e. The molecule has 3 rings (SSSR count). The zero-order chi connectivity index (χ0) is 14.1.